The van der Waals surface area contributed by atoms with Crippen molar-refractivity contribution >= 4 is 22.9 Å². The van der Waals surface area contributed by atoms with Crippen LogP contribution in [0.25, 0.3) is 10.6 Å². The lowest BCUT2D eigenvalue weighted by atomic mass is 10.2. The highest BCUT2D eigenvalue weighted by Gasteiger charge is 2.23. The van der Waals surface area contributed by atoms with E-state index < -0.39 is 0 Å². The fourth-order valence-electron chi connectivity index (χ4n) is 3.51. The number of ether oxygens (including phenoxy) is 1. The van der Waals surface area contributed by atoms with Gasteiger partial charge >= 0.3 is 0 Å². The van der Waals surface area contributed by atoms with Crippen LogP contribution in [0.5, 0.6) is 5.75 Å². The maximum atomic E-state index is 12.5. The smallest absolute Gasteiger partial charge is 0.270 e. The average molecular weight is 394 g/mol. The zero-order valence-corrected chi connectivity index (χ0v) is 16.8. The first-order chi connectivity index (χ1) is 13.7. The van der Waals surface area contributed by atoms with Gasteiger partial charge in [-0.3, -0.25) is 4.79 Å². The molecule has 2 aromatic carbocycles. The topological polar surface area (TPSA) is 54.5 Å². The second-order valence-electron chi connectivity index (χ2n) is 6.90. The van der Waals surface area contributed by atoms with Gasteiger partial charge in [-0.05, 0) is 49.2 Å². The number of para-hydroxylation sites is 1. The average Bonchev–Trinajstić information content (AvgIpc) is 3.39. The SMILES string of the molecule is COc1ccc(-c2nc(C(=O)NCC(C)N3CCc4ccccc43)cs2)cc1. The summed E-state index contributed by atoms with van der Waals surface area (Å²) in [5.74, 6) is 0.672. The highest BCUT2D eigenvalue weighted by Crippen LogP contribution is 2.29. The Kier molecular flexibility index (Phi) is 5.30. The van der Waals surface area contributed by atoms with E-state index >= 15 is 0 Å². The van der Waals surface area contributed by atoms with Gasteiger partial charge < -0.3 is 15.0 Å². The van der Waals surface area contributed by atoms with E-state index in [0.29, 0.717) is 12.2 Å². The van der Waals surface area contributed by atoms with E-state index in [4.69, 9.17) is 4.74 Å². The summed E-state index contributed by atoms with van der Waals surface area (Å²) in [6.07, 6.45) is 1.06. The highest BCUT2D eigenvalue weighted by atomic mass is 32.1. The van der Waals surface area contributed by atoms with Crippen molar-refractivity contribution in [3.8, 4) is 16.3 Å². The number of anilines is 1. The lowest BCUT2D eigenvalue weighted by Crippen LogP contribution is -2.41. The van der Waals surface area contributed by atoms with Crippen molar-refractivity contribution in [2.45, 2.75) is 19.4 Å². The molecule has 0 fully saturated rings. The number of aromatic nitrogens is 1. The summed E-state index contributed by atoms with van der Waals surface area (Å²) in [6, 6.07) is 16.4. The van der Waals surface area contributed by atoms with Gasteiger partial charge in [-0.2, -0.15) is 0 Å². The lowest BCUT2D eigenvalue weighted by Gasteiger charge is -2.27. The molecule has 1 aliphatic rings. The van der Waals surface area contributed by atoms with Crippen molar-refractivity contribution in [2.24, 2.45) is 0 Å². The number of fused-ring (bicyclic) bond motifs is 1. The Morgan fingerprint density at radius 3 is 2.82 bits per heavy atom. The summed E-state index contributed by atoms with van der Waals surface area (Å²) in [7, 11) is 1.64. The van der Waals surface area contributed by atoms with E-state index in [-0.39, 0.29) is 11.9 Å². The summed E-state index contributed by atoms with van der Waals surface area (Å²) in [5.41, 5.74) is 4.10. The third-order valence-corrected chi connectivity index (χ3v) is 5.98. The Bertz CT molecular complexity index is 968. The Balaban J connectivity index is 1.37. The molecule has 0 saturated carbocycles. The van der Waals surface area contributed by atoms with Crippen molar-refractivity contribution in [1.29, 1.82) is 0 Å². The lowest BCUT2D eigenvalue weighted by molar-refractivity contribution is 0.0947. The summed E-state index contributed by atoms with van der Waals surface area (Å²) in [6.45, 7) is 3.73. The van der Waals surface area contributed by atoms with Crippen molar-refractivity contribution in [1.82, 2.24) is 10.3 Å². The van der Waals surface area contributed by atoms with Crippen LogP contribution in [-0.4, -0.2) is 37.1 Å². The van der Waals surface area contributed by atoms with Crippen LogP contribution in [0.4, 0.5) is 5.69 Å². The Hall–Kier alpha value is -2.86. The normalized spacial score (nSPS) is 13.9. The van der Waals surface area contributed by atoms with Crippen LogP contribution >= 0.6 is 11.3 Å². The molecule has 4 rings (SSSR count). The zero-order chi connectivity index (χ0) is 19.5. The third kappa shape index (κ3) is 3.73. The number of nitrogens with zero attached hydrogens (tertiary/aromatic N) is 2. The maximum absolute atomic E-state index is 12.5. The summed E-state index contributed by atoms with van der Waals surface area (Å²) < 4.78 is 5.18. The molecule has 1 amide bonds. The molecule has 1 unspecified atom stereocenters. The predicted octanol–water partition coefficient (Wildman–Crippen LogP) is 4.00. The molecule has 5 nitrogen and oxygen atoms in total. The van der Waals surface area contributed by atoms with Crippen molar-refractivity contribution in [3.63, 3.8) is 0 Å². The quantitative estimate of drug-likeness (QED) is 0.688. The molecule has 0 aliphatic carbocycles. The molecule has 3 aromatic rings. The molecular formula is C22H23N3O2S. The molecule has 1 N–H and O–H groups in total. The van der Waals surface area contributed by atoms with Gasteiger partial charge in [-0.25, -0.2) is 4.98 Å². The zero-order valence-electron chi connectivity index (χ0n) is 16.0. The molecule has 2 heterocycles. The number of carbonyl (C=O) groups is 1. The van der Waals surface area contributed by atoms with Crippen molar-refractivity contribution < 1.29 is 9.53 Å². The minimum Gasteiger partial charge on any atom is -0.497 e. The van der Waals surface area contributed by atoms with Gasteiger partial charge in [0.05, 0.1) is 7.11 Å². The maximum Gasteiger partial charge on any atom is 0.270 e. The first-order valence-corrected chi connectivity index (χ1v) is 10.3. The minimum absolute atomic E-state index is 0.129. The fraction of sp³-hybridized carbons (Fsp3) is 0.273. The van der Waals surface area contributed by atoms with Crippen LogP contribution in [0, 0.1) is 0 Å². The number of methoxy groups -OCH3 is 1. The molecule has 1 aromatic heterocycles. The molecule has 0 radical (unpaired) electrons. The van der Waals surface area contributed by atoms with E-state index in [1.165, 1.54) is 22.6 Å². The number of amides is 1. The van der Waals surface area contributed by atoms with Crippen LogP contribution in [0.2, 0.25) is 0 Å². The van der Waals surface area contributed by atoms with Crippen molar-refractivity contribution in [2.75, 3.05) is 25.1 Å². The van der Waals surface area contributed by atoms with Gasteiger partial charge in [0, 0.05) is 35.8 Å². The van der Waals surface area contributed by atoms with Gasteiger partial charge in [0.25, 0.3) is 5.91 Å². The van der Waals surface area contributed by atoms with Crippen LogP contribution in [0.3, 0.4) is 0 Å². The number of benzene rings is 2. The van der Waals surface area contributed by atoms with E-state index in [9.17, 15) is 4.79 Å². The van der Waals surface area contributed by atoms with E-state index in [1.54, 1.807) is 7.11 Å². The molecule has 6 heteroatoms. The Morgan fingerprint density at radius 2 is 2.04 bits per heavy atom. The summed E-state index contributed by atoms with van der Waals surface area (Å²) in [4.78, 5) is 19.4. The van der Waals surface area contributed by atoms with Crippen molar-refractivity contribution in [3.05, 3.63) is 65.2 Å². The third-order valence-electron chi connectivity index (χ3n) is 5.09. The second kappa shape index (κ2) is 8.02. The van der Waals surface area contributed by atoms with Gasteiger partial charge in [-0.1, -0.05) is 18.2 Å². The van der Waals surface area contributed by atoms with Gasteiger partial charge in [0.1, 0.15) is 16.5 Å². The molecular weight excluding hydrogens is 370 g/mol. The predicted molar refractivity (Wildman–Crippen MR) is 113 cm³/mol. The van der Waals surface area contributed by atoms with Crippen LogP contribution in [0.15, 0.2) is 53.9 Å². The van der Waals surface area contributed by atoms with Gasteiger partial charge in [0.15, 0.2) is 0 Å². The highest BCUT2D eigenvalue weighted by molar-refractivity contribution is 7.13. The first kappa shape index (κ1) is 18.5. The molecule has 0 bridgehead atoms. The number of hydrogen-bond donors (Lipinski definition) is 1. The fourth-order valence-corrected chi connectivity index (χ4v) is 4.31. The Morgan fingerprint density at radius 1 is 1.25 bits per heavy atom. The number of thiazole rings is 1. The molecule has 0 saturated heterocycles. The van der Waals surface area contributed by atoms with E-state index in [0.717, 1.165) is 29.3 Å². The molecule has 28 heavy (non-hydrogen) atoms. The summed E-state index contributed by atoms with van der Waals surface area (Å²) >= 11 is 1.47. The minimum atomic E-state index is -0.129. The second-order valence-corrected chi connectivity index (χ2v) is 7.76. The monoisotopic (exact) mass is 393 g/mol. The van der Waals surface area contributed by atoms with E-state index in [1.807, 2.05) is 29.6 Å². The number of nitrogens with one attached hydrogen (secondary N) is 1. The standard InChI is InChI=1S/C22H23N3O2S/c1-15(25-12-11-16-5-3-4-6-20(16)25)13-23-21(26)19-14-28-22(24-19)17-7-9-18(27-2)10-8-17/h3-10,14-15H,11-13H2,1-2H3,(H,23,26). The largest absolute Gasteiger partial charge is 0.497 e. The van der Waals surface area contributed by atoms with Gasteiger partial charge in [0.2, 0.25) is 0 Å². The summed E-state index contributed by atoms with van der Waals surface area (Å²) in [5, 5.41) is 5.67. The van der Waals surface area contributed by atoms with Crippen LogP contribution in [-0.2, 0) is 6.42 Å². The van der Waals surface area contributed by atoms with Crippen LogP contribution < -0.4 is 15.0 Å². The number of rotatable bonds is 6. The molecule has 144 valence electrons. The number of hydrogen-bond acceptors (Lipinski definition) is 5. The van der Waals surface area contributed by atoms with Gasteiger partial charge in [-0.15, -0.1) is 11.3 Å². The van der Waals surface area contributed by atoms with E-state index in [2.05, 4.69) is 46.4 Å². The number of carbonyl (C=O) groups excluding carboxylic acids is 1. The first-order valence-electron chi connectivity index (χ1n) is 9.38. The van der Waals surface area contributed by atoms with Crippen LogP contribution in [0.1, 0.15) is 23.0 Å². The molecule has 1 atom stereocenters. The Labute approximate surface area is 169 Å². The molecule has 1 aliphatic heterocycles. The molecule has 0 spiro atoms.